The van der Waals surface area contributed by atoms with Crippen molar-refractivity contribution in [3.63, 3.8) is 0 Å². The molecule has 0 N–H and O–H groups in total. The highest BCUT2D eigenvalue weighted by molar-refractivity contribution is 5.27. The zero-order valence-electron chi connectivity index (χ0n) is 10.2. The van der Waals surface area contributed by atoms with Crippen molar-refractivity contribution < 1.29 is 4.74 Å². The summed E-state index contributed by atoms with van der Waals surface area (Å²) in [6.07, 6.45) is 2.15. The number of hydrogen-bond donors (Lipinski definition) is 0. The molecular weight excluding hydrogens is 186 g/mol. The maximum Gasteiger partial charge on any atom is 0.213 e. The molecule has 0 amide bonds. The molecule has 0 bridgehead atoms. The zero-order valence-corrected chi connectivity index (χ0v) is 10.2. The summed E-state index contributed by atoms with van der Waals surface area (Å²) >= 11 is 0. The number of aromatic nitrogens is 1. The Morgan fingerprint density at radius 2 is 2.00 bits per heavy atom. The minimum Gasteiger partial charge on any atom is -0.478 e. The van der Waals surface area contributed by atoms with E-state index in [1.807, 2.05) is 13.0 Å². The van der Waals surface area contributed by atoms with E-state index in [1.165, 1.54) is 5.56 Å². The summed E-state index contributed by atoms with van der Waals surface area (Å²) in [7, 11) is 0. The van der Waals surface area contributed by atoms with Gasteiger partial charge in [-0.15, -0.1) is 0 Å². The van der Waals surface area contributed by atoms with Gasteiger partial charge in [-0.05, 0) is 30.9 Å². The molecule has 0 fully saturated rings. The van der Waals surface area contributed by atoms with Gasteiger partial charge in [0.2, 0.25) is 5.88 Å². The molecule has 0 aliphatic rings. The van der Waals surface area contributed by atoms with E-state index in [-0.39, 0.29) is 0 Å². The number of ether oxygens (including phenoxy) is 1. The van der Waals surface area contributed by atoms with Crippen LogP contribution in [-0.4, -0.2) is 11.6 Å². The van der Waals surface area contributed by atoms with Crippen molar-refractivity contribution in [2.24, 2.45) is 0 Å². The highest BCUT2D eigenvalue weighted by Crippen LogP contribution is 2.20. The van der Waals surface area contributed by atoms with Crippen LogP contribution in [0.2, 0.25) is 0 Å². The smallest absolute Gasteiger partial charge is 0.213 e. The van der Waals surface area contributed by atoms with E-state index in [1.54, 1.807) is 0 Å². The van der Waals surface area contributed by atoms with Crippen LogP contribution in [0.1, 0.15) is 51.3 Å². The first-order valence-electron chi connectivity index (χ1n) is 5.81. The zero-order chi connectivity index (χ0) is 11.3. The predicted molar refractivity (Wildman–Crippen MR) is 63.5 cm³/mol. The van der Waals surface area contributed by atoms with Gasteiger partial charge in [0.25, 0.3) is 0 Å². The molecule has 1 heterocycles. The Bertz CT molecular complexity index is 283. The van der Waals surface area contributed by atoms with Crippen molar-refractivity contribution in [3.05, 3.63) is 23.4 Å². The van der Waals surface area contributed by atoms with Crippen LogP contribution in [0.3, 0.4) is 0 Å². The number of hydrogen-bond acceptors (Lipinski definition) is 2. The lowest BCUT2D eigenvalue weighted by Gasteiger charge is -2.11. The van der Waals surface area contributed by atoms with Gasteiger partial charge < -0.3 is 4.74 Å². The Morgan fingerprint density at radius 1 is 1.27 bits per heavy atom. The van der Waals surface area contributed by atoms with Crippen LogP contribution in [0.5, 0.6) is 5.88 Å². The fourth-order valence-electron chi connectivity index (χ4n) is 1.52. The summed E-state index contributed by atoms with van der Waals surface area (Å²) in [4.78, 5) is 4.47. The van der Waals surface area contributed by atoms with Crippen LogP contribution in [0.15, 0.2) is 12.1 Å². The average Bonchev–Trinajstić information content (AvgIpc) is 2.18. The topological polar surface area (TPSA) is 22.1 Å². The molecule has 84 valence electrons. The van der Waals surface area contributed by atoms with Crippen molar-refractivity contribution in [2.45, 2.75) is 46.5 Å². The van der Waals surface area contributed by atoms with Gasteiger partial charge in [-0.2, -0.15) is 0 Å². The summed E-state index contributed by atoms with van der Waals surface area (Å²) in [5, 5.41) is 0. The molecule has 1 rings (SSSR count). The van der Waals surface area contributed by atoms with E-state index in [0.29, 0.717) is 12.5 Å². The second-order valence-electron chi connectivity index (χ2n) is 4.07. The normalized spacial score (nSPS) is 10.7. The molecule has 15 heavy (non-hydrogen) atoms. The Hall–Kier alpha value is -1.05. The van der Waals surface area contributed by atoms with E-state index >= 15 is 0 Å². The van der Waals surface area contributed by atoms with Crippen molar-refractivity contribution in [3.8, 4) is 5.88 Å². The Labute approximate surface area is 92.7 Å². The summed E-state index contributed by atoms with van der Waals surface area (Å²) in [6.45, 7) is 9.23. The molecule has 0 saturated heterocycles. The van der Waals surface area contributed by atoms with Gasteiger partial charge in [0, 0.05) is 11.8 Å². The number of rotatable bonds is 5. The Balaban J connectivity index is 2.97. The van der Waals surface area contributed by atoms with Crippen molar-refractivity contribution in [2.75, 3.05) is 6.61 Å². The summed E-state index contributed by atoms with van der Waals surface area (Å²) in [6, 6.07) is 4.24. The van der Waals surface area contributed by atoms with E-state index in [4.69, 9.17) is 4.74 Å². The third kappa shape index (κ3) is 3.54. The number of pyridine rings is 1. The Kier molecular flexibility index (Phi) is 4.60. The molecule has 0 aliphatic heterocycles. The van der Waals surface area contributed by atoms with Crippen LogP contribution < -0.4 is 4.74 Å². The summed E-state index contributed by atoms with van der Waals surface area (Å²) < 4.78 is 5.47. The molecule has 0 aromatic carbocycles. The lowest BCUT2D eigenvalue weighted by atomic mass is 10.0. The van der Waals surface area contributed by atoms with E-state index < -0.39 is 0 Å². The van der Waals surface area contributed by atoms with Crippen molar-refractivity contribution >= 4 is 0 Å². The SMILES string of the molecule is CCCc1cc(C(C)C)cc(OCC)n1. The quantitative estimate of drug-likeness (QED) is 0.736. The molecule has 0 unspecified atom stereocenters. The average molecular weight is 207 g/mol. The first kappa shape index (κ1) is 12.0. The van der Waals surface area contributed by atoms with E-state index in [0.717, 1.165) is 24.4 Å². The van der Waals surface area contributed by atoms with Gasteiger partial charge in [-0.3, -0.25) is 0 Å². The number of nitrogens with zero attached hydrogens (tertiary/aromatic N) is 1. The third-order valence-electron chi connectivity index (χ3n) is 2.34. The molecule has 0 radical (unpaired) electrons. The minimum absolute atomic E-state index is 0.530. The van der Waals surface area contributed by atoms with Crippen LogP contribution >= 0.6 is 0 Å². The lowest BCUT2D eigenvalue weighted by Crippen LogP contribution is -2.00. The highest BCUT2D eigenvalue weighted by Gasteiger charge is 2.05. The van der Waals surface area contributed by atoms with Gasteiger partial charge in [-0.1, -0.05) is 27.2 Å². The lowest BCUT2D eigenvalue weighted by molar-refractivity contribution is 0.325. The van der Waals surface area contributed by atoms with Gasteiger partial charge in [0.15, 0.2) is 0 Å². The molecule has 1 aromatic rings. The first-order chi connectivity index (χ1) is 7.17. The second kappa shape index (κ2) is 5.74. The summed E-state index contributed by atoms with van der Waals surface area (Å²) in [5.74, 6) is 1.30. The minimum atomic E-state index is 0.530. The maximum atomic E-state index is 5.47. The van der Waals surface area contributed by atoms with Crippen LogP contribution in [0.25, 0.3) is 0 Å². The van der Waals surface area contributed by atoms with Crippen LogP contribution in [-0.2, 0) is 6.42 Å². The van der Waals surface area contributed by atoms with Crippen LogP contribution in [0.4, 0.5) is 0 Å². The van der Waals surface area contributed by atoms with Crippen molar-refractivity contribution in [1.29, 1.82) is 0 Å². The molecule has 1 aromatic heterocycles. The third-order valence-corrected chi connectivity index (χ3v) is 2.34. The molecule has 0 spiro atoms. The van der Waals surface area contributed by atoms with Gasteiger partial charge in [0.05, 0.1) is 6.61 Å². The molecule has 2 heteroatoms. The molecular formula is C13H21NO. The highest BCUT2D eigenvalue weighted by atomic mass is 16.5. The van der Waals surface area contributed by atoms with Crippen LogP contribution in [0, 0.1) is 0 Å². The number of aryl methyl sites for hydroxylation is 1. The first-order valence-corrected chi connectivity index (χ1v) is 5.81. The fraction of sp³-hybridized carbons (Fsp3) is 0.615. The maximum absolute atomic E-state index is 5.47. The standard InChI is InChI=1S/C13H21NO/c1-5-7-12-8-11(10(3)4)9-13(14-12)15-6-2/h8-10H,5-7H2,1-4H3. The van der Waals surface area contributed by atoms with Gasteiger partial charge >= 0.3 is 0 Å². The van der Waals surface area contributed by atoms with Gasteiger partial charge in [-0.25, -0.2) is 4.98 Å². The molecule has 0 saturated carbocycles. The van der Waals surface area contributed by atoms with E-state index in [2.05, 4.69) is 31.8 Å². The fourth-order valence-corrected chi connectivity index (χ4v) is 1.52. The summed E-state index contributed by atoms with van der Waals surface area (Å²) in [5.41, 5.74) is 2.46. The predicted octanol–water partition coefficient (Wildman–Crippen LogP) is 3.56. The second-order valence-corrected chi connectivity index (χ2v) is 4.07. The Morgan fingerprint density at radius 3 is 2.53 bits per heavy atom. The van der Waals surface area contributed by atoms with Crippen molar-refractivity contribution in [1.82, 2.24) is 4.98 Å². The molecule has 0 aliphatic carbocycles. The van der Waals surface area contributed by atoms with E-state index in [9.17, 15) is 0 Å². The monoisotopic (exact) mass is 207 g/mol. The largest absolute Gasteiger partial charge is 0.478 e. The molecule has 0 atom stereocenters. The molecule has 2 nitrogen and oxygen atoms in total. The van der Waals surface area contributed by atoms with Gasteiger partial charge in [0.1, 0.15) is 0 Å².